The monoisotopic (exact) mass is 356 g/mol. The van der Waals surface area contributed by atoms with Gasteiger partial charge in [0.15, 0.2) is 0 Å². The van der Waals surface area contributed by atoms with Crippen LogP contribution in [0.1, 0.15) is 43.2 Å². The molecule has 2 aromatic rings. The van der Waals surface area contributed by atoms with Crippen LogP contribution in [0.25, 0.3) is 0 Å². The van der Waals surface area contributed by atoms with Crippen LogP contribution in [0.15, 0.2) is 54.6 Å². The van der Waals surface area contributed by atoms with Gasteiger partial charge >= 0.3 is 0 Å². The lowest BCUT2D eigenvalue weighted by atomic mass is 9.72. The molecule has 0 unspecified atom stereocenters. The molecule has 1 saturated carbocycles. The fourth-order valence-electron chi connectivity index (χ4n) is 4.24. The van der Waals surface area contributed by atoms with Gasteiger partial charge in [-0.1, -0.05) is 73.0 Å². The summed E-state index contributed by atoms with van der Waals surface area (Å²) in [6, 6.07) is 19.5. The number of likely N-dealkylation sites (N-methyl/N-ethyl adjacent to an activating group) is 1. The zero-order valence-electron chi connectivity index (χ0n) is 15.1. The number of aryl methyl sites for hydroxylation is 1. The van der Waals surface area contributed by atoms with Gasteiger partial charge in [0.25, 0.3) is 0 Å². The first-order chi connectivity index (χ1) is 12.3. The first-order valence-electron chi connectivity index (χ1n) is 9.47. The molecule has 0 aliphatic heterocycles. The molecule has 0 amide bonds. The fraction of sp³-hybridized carbons (Fsp3) is 0.455. The first kappa shape index (κ1) is 18.4. The van der Waals surface area contributed by atoms with Gasteiger partial charge < -0.3 is 10.6 Å². The van der Waals surface area contributed by atoms with E-state index in [-0.39, 0.29) is 5.54 Å². The highest BCUT2D eigenvalue weighted by molar-refractivity contribution is 6.31. The van der Waals surface area contributed by atoms with Gasteiger partial charge in [0.2, 0.25) is 0 Å². The molecule has 1 aliphatic carbocycles. The molecule has 3 rings (SSSR count). The summed E-state index contributed by atoms with van der Waals surface area (Å²) in [5.74, 6) is 0. The van der Waals surface area contributed by atoms with E-state index in [9.17, 15) is 0 Å². The average Bonchev–Trinajstić information content (AvgIpc) is 2.67. The van der Waals surface area contributed by atoms with Crippen LogP contribution in [0.4, 0.5) is 0 Å². The molecule has 2 N–H and O–H groups in total. The second-order valence-corrected chi connectivity index (χ2v) is 7.45. The lowest BCUT2D eigenvalue weighted by Gasteiger charge is -2.45. The van der Waals surface area contributed by atoms with E-state index in [1.807, 2.05) is 12.1 Å². The summed E-state index contributed by atoms with van der Waals surface area (Å²) in [6.45, 7) is 1.04. The maximum atomic E-state index is 6.56. The van der Waals surface area contributed by atoms with Crippen LogP contribution in [-0.4, -0.2) is 19.6 Å². The van der Waals surface area contributed by atoms with Crippen LogP contribution in [0.2, 0.25) is 5.02 Å². The van der Waals surface area contributed by atoms with Crippen LogP contribution in [0, 0.1) is 0 Å². The van der Waals surface area contributed by atoms with Crippen molar-refractivity contribution in [3.63, 3.8) is 0 Å². The van der Waals surface area contributed by atoms with Gasteiger partial charge in [0.1, 0.15) is 0 Å². The molecule has 2 atom stereocenters. The highest BCUT2D eigenvalue weighted by atomic mass is 35.5. The van der Waals surface area contributed by atoms with E-state index in [4.69, 9.17) is 11.6 Å². The lowest BCUT2D eigenvalue weighted by Crippen LogP contribution is -2.58. The van der Waals surface area contributed by atoms with Gasteiger partial charge in [-0.3, -0.25) is 0 Å². The molecule has 1 aliphatic rings. The van der Waals surface area contributed by atoms with Gasteiger partial charge in [0.05, 0.1) is 5.54 Å². The molecule has 134 valence electrons. The van der Waals surface area contributed by atoms with E-state index in [0.29, 0.717) is 6.04 Å². The Bertz CT molecular complexity index is 658. The Hall–Kier alpha value is -1.35. The molecule has 2 aromatic carbocycles. The minimum Gasteiger partial charge on any atom is -0.312 e. The van der Waals surface area contributed by atoms with Gasteiger partial charge in [0, 0.05) is 11.1 Å². The zero-order chi connectivity index (χ0) is 17.5. The molecule has 25 heavy (non-hydrogen) atoms. The van der Waals surface area contributed by atoms with Crippen LogP contribution in [0.5, 0.6) is 0 Å². The number of nitrogens with one attached hydrogen (secondary N) is 2. The third-order valence-electron chi connectivity index (χ3n) is 5.59. The van der Waals surface area contributed by atoms with Crippen LogP contribution >= 0.6 is 11.6 Å². The predicted molar refractivity (Wildman–Crippen MR) is 107 cm³/mol. The van der Waals surface area contributed by atoms with Crippen molar-refractivity contribution in [3.05, 3.63) is 70.7 Å². The van der Waals surface area contributed by atoms with E-state index in [2.05, 4.69) is 60.1 Å². The molecule has 0 bridgehead atoms. The van der Waals surface area contributed by atoms with E-state index in [1.54, 1.807) is 0 Å². The van der Waals surface area contributed by atoms with Gasteiger partial charge in [-0.25, -0.2) is 0 Å². The molecule has 0 heterocycles. The highest BCUT2D eigenvalue weighted by Gasteiger charge is 2.41. The minimum absolute atomic E-state index is 0.0661. The second-order valence-electron chi connectivity index (χ2n) is 7.04. The Morgan fingerprint density at radius 1 is 1.04 bits per heavy atom. The normalized spacial score (nSPS) is 23.5. The van der Waals surface area contributed by atoms with Crippen molar-refractivity contribution in [1.29, 1.82) is 0 Å². The second kappa shape index (κ2) is 8.84. The maximum absolute atomic E-state index is 6.56. The largest absolute Gasteiger partial charge is 0.312 e. The number of benzene rings is 2. The average molecular weight is 357 g/mol. The number of rotatable bonds is 7. The SMILES string of the molecule is CN[C@@]1(c2ccccc2Cl)CCCC[C@@H]1NCCCc1ccccc1. The van der Waals surface area contributed by atoms with E-state index >= 15 is 0 Å². The van der Waals surface area contributed by atoms with Gasteiger partial charge in [-0.2, -0.15) is 0 Å². The van der Waals surface area contributed by atoms with Crippen molar-refractivity contribution < 1.29 is 0 Å². The lowest BCUT2D eigenvalue weighted by molar-refractivity contribution is 0.178. The molecule has 0 radical (unpaired) electrons. The molecule has 0 spiro atoms. The Balaban J connectivity index is 1.66. The first-order valence-corrected chi connectivity index (χ1v) is 9.85. The van der Waals surface area contributed by atoms with Crippen molar-refractivity contribution in [2.45, 2.75) is 50.1 Å². The summed E-state index contributed by atoms with van der Waals surface area (Å²) in [4.78, 5) is 0. The molecule has 0 saturated heterocycles. The fourth-order valence-corrected chi connectivity index (χ4v) is 4.55. The maximum Gasteiger partial charge on any atom is 0.0602 e. The smallest absolute Gasteiger partial charge is 0.0602 e. The Morgan fingerprint density at radius 3 is 2.56 bits per heavy atom. The van der Waals surface area contributed by atoms with Crippen LogP contribution < -0.4 is 10.6 Å². The summed E-state index contributed by atoms with van der Waals surface area (Å²) in [7, 11) is 2.08. The van der Waals surface area contributed by atoms with Crippen molar-refractivity contribution in [1.82, 2.24) is 10.6 Å². The van der Waals surface area contributed by atoms with Crippen molar-refractivity contribution in [2.75, 3.05) is 13.6 Å². The summed E-state index contributed by atoms with van der Waals surface area (Å²) < 4.78 is 0. The highest BCUT2D eigenvalue weighted by Crippen LogP contribution is 2.40. The number of halogens is 1. The molecular formula is C22H29ClN2. The van der Waals surface area contributed by atoms with Gasteiger partial charge in [-0.05, 0) is 56.5 Å². The van der Waals surface area contributed by atoms with Crippen molar-refractivity contribution in [2.24, 2.45) is 0 Å². The Kier molecular flexibility index (Phi) is 6.52. The number of hydrogen-bond donors (Lipinski definition) is 2. The predicted octanol–water partition coefficient (Wildman–Crippen LogP) is 4.92. The Morgan fingerprint density at radius 2 is 1.80 bits per heavy atom. The van der Waals surface area contributed by atoms with Crippen LogP contribution in [0.3, 0.4) is 0 Å². The summed E-state index contributed by atoms with van der Waals surface area (Å²) in [6.07, 6.45) is 7.13. The third-order valence-corrected chi connectivity index (χ3v) is 5.91. The van der Waals surface area contributed by atoms with Gasteiger partial charge in [-0.15, -0.1) is 0 Å². The third kappa shape index (κ3) is 4.25. The van der Waals surface area contributed by atoms with E-state index < -0.39 is 0 Å². The minimum atomic E-state index is -0.0661. The quantitative estimate of drug-likeness (QED) is 0.688. The molecular weight excluding hydrogens is 328 g/mol. The number of hydrogen-bond acceptors (Lipinski definition) is 2. The van der Waals surface area contributed by atoms with E-state index in [0.717, 1.165) is 30.8 Å². The van der Waals surface area contributed by atoms with Crippen LogP contribution in [-0.2, 0) is 12.0 Å². The summed E-state index contributed by atoms with van der Waals surface area (Å²) in [5, 5.41) is 8.34. The molecule has 1 fully saturated rings. The summed E-state index contributed by atoms with van der Waals surface area (Å²) >= 11 is 6.56. The van der Waals surface area contributed by atoms with Crippen molar-refractivity contribution in [3.8, 4) is 0 Å². The topological polar surface area (TPSA) is 24.1 Å². The van der Waals surface area contributed by atoms with E-state index in [1.165, 1.54) is 30.4 Å². The standard InChI is InChI=1S/C22H29ClN2/c1-24-22(19-13-5-6-14-20(19)23)16-8-7-15-21(22)25-17-9-12-18-10-3-2-4-11-18/h2-6,10-11,13-14,21,24-25H,7-9,12,15-17H2,1H3/t21-,22+/m0/s1. The molecule has 0 aromatic heterocycles. The molecule has 3 heteroatoms. The zero-order valence-corrected chi connectivity index (χ0v) is 15.9. The molecule has 2 nitrogen and oxygen atoms in total. The Labute approximate surface area is 157 Å². The van der Waals surface area contributed by atoms with Crippen molar-refractivity contribution >= 4 is 11.6 Å². The summed E-state index contributed by atoms with van der Waals surface area (Å²) in [5.41, 5.74) is 2.59.